The monoisotopic (exact) mass is 208 g/mol. The lowest BCUT2D eigenvalue weighted by molar-refractivity contribution is -0.152. The van der Waals surface area contributed by atoms with E-state index in [0.29, 0.717) is 5.75 Å². The van der Waals surface area contributed by atoms with E-state index in [4.69, 9.17) is 9.84 Å². The average Bonchev–Trinajstić information content (AvgIpc) is 1.99. The minimum atomic E-state index is -1.19. The molecule has 1 aromatic rings. The molecule has 0 amide bonds. The smallest absolute Gasteiger partial charge is 0.347 e. The van der Waals surface area contributed by atoms with Crippen LogP contribution in [-0.4, -0.2) is 16.7 Å². The molecule has 0 aromatic heterocycles. The standard InChI is InChI=1S/C12H16O3/c1-8-5-9(2)7-10(6-8)15-12(3,4)11(13)14/h5-7H,1-4H3,(H,13,14). The van der Waals surface area contributed by atoms with Gasteiger partial charge in [0.05, 0.1) is 0 Å². The Bertz CT molecular complexity index is 360. The van der Waals surface area contributed by atoms with Crippen molar-refractivity contribution in [2.45, 2.75) is 33.3 Å². The van der Waals surface area contributed by atoms with E-state index < -0.39 is 11.6 Å². The molecule has 0 aliphatic carbocycles. The molecule has 0 atom stereocenters. The highest BCUT2D eigenvalue weighted by Gasteiger charge is 2.29. The Hall–Kier alpha value is -1.51. The van der Waals surface area contributed by atoms with Gasteiger partial charge in [0.1, 0.15) is 5.75 Å². The largest absolute Gasteiger partial charge is 0.478 e. The number of carbonyl (C=O) groups is 1. The molecule has 1 rings (SSSR count). The second kappa shape index (κ2) is 3.93. The summed E-state index contributed by atoms with van der Waals surface area (Å²) in [4.78, 5) is 10.9. The molecule has 0 saturated heterocycles. The molecule has 0 bridgehead atoms. The number of aliphatic carboxylic acids is 1. The van der Waals surface area contributed by atoms with Gasteiger partial charge in [-0.05, 0) is 51.0 Å². The third-order valence-electron chi connectivity index (χ3n) is 2.08. The van der Waals surface area contributed by atoms with Crippen molar-refractivity contribution in [2.75, 3.05) is 0 Å². The quantitative estimate of drug-likeness (QED) is 0.830. The van der Waals surface area contributed by atoms with E-state index in [2.05, 4.69) is 0 Å². The first kappa shape index (κ1) is 11.6. The topological polar surface area (TPSA) is 46.5 Å². The van der Waals surface area contributed by atoms with Gasteiger partial charge in [-0.25, -0.2) is 4.79 Å². The second-order valence-electron chi connectivity index (χ2n) is 4.24. The highest BCUT2D eigenvalue weighted by atomic mass is 16.5. The van der Waals surface area contributed by atoms with Gasteiger partial charge in [0.15, 0.2) is 5.60 Å². The Kier molecular flexibility index (Phi) is 3.03. The number of hydrogen-bond acceptors (Lipinski definition) is 2. The summed E-state index contributed by atoms with van der Waals surface area (Å²) in [6, 6.07) is 5.68. The summed E-state index contributed by atoms with van der Waals surface area (Å²) in [6.07, 6.45) is 0. The van der Waals surface area contributed by atoms with Crippen LogP contribution < -0.4 is 4.74 Å². The first-order valence-electron chi connectivity index (χ1n) is 4.82. The molecule has 3 heteroatoms. The molecule has 0 aliphatic rings. The van der Waals surface area contributed by atoms with Crippen LogP contribution in [0, 0.1) is 13.8 Å². The van der Waals surface area contributed by atoms with Gasteiger partial charge < -0.3 is 9.84 Å². The molecule has 1 aromatic carbocycles. The van der Waals surface area contributed by atoms with Crippen molar-refractivity contribution in [3.8, 4) is 5.75 Å². The van der Waals surface area contributed by atoms with E-state index in [1.165, 1.54) is 13.8 Å². The molecule has 0 spiro atoms. The summed E-state index contributed by atoms with van der Waals surface area (Å²) in [7, 11) is 0. The van der Waals surface area contributed by atoms with Gasteiger partial charge in [-0.1, -0.05) is 6.07 Å². The van der Waals surface area contributed by atoms with Crippen molar-refractivity contribution >= 4 is 5.97 Å². The molecule has 0 aliphatic heterocycles. The second-order valence-corrected chi connectivity index (χ2v) is 4.24. The molecule has 0 radical (unpaired) electrons. The number of benzene rings is 1. The fourth-order valence-electron chi connectivity index (χ4n) is 1.33. The Morgan fingerprint density at radius 1 is 1.20 bits per heavy atom. The molecule has 3 nitrogen and oxygen atoms in total. The van der Waals surface area contributed by atoms with Crippen LogP contribution in [-0.2, 0) is 4.79 Å². The van der Waals surface area contributed by atoms with E-state index in [0.717, 1.165) is 11.1 Å². The zero-order valence-corrected chi connectivity index (χ0v) is 9.50. The minimum absolute atomic E-state index is 0.597. The van der Waals surface area contributed by atoms with Crippen LogP contribution in [0.3, 0.4) is 0 Å². The van der Waals surface area contributed by atoms with Gasteiger partial charge >= 0.3 is 5.97 Å². The highest BCUT2D eigenvalue weighted by Crippen LogP contribution is 2.21. The predicted octanol–water partition coefficient (Wildman–Crippen LogP) is 2.55. The van der Waals surface area contributed by atoms with Gasteiger partial charge in [-0.2, -0.15) is 0 Å². The summed E-state index contributed by atoms with van der Waals surface area (Å²) in [5, 5.41) is 8.92. The third kappa shape index (κ3) is 2.98. The van der Waals surface area contributed by atoms with Crippen LogP contribution in [0.4, 0.5) is 0 Å². The van der Waals surface area contributed by atoms with Crippen molar-refractivity contribution in [3.05, 3.63) is 29.3 Å². The van der Waals surface area contributed by atoms with Gasteiger partial charge in [-0.15, -0.1) is 0 Å². The Morgan fingerprint density at radius 3 is 2.07 bits per heavy atom. The van der Waals surface area contributed by atoms with Crippen LogP contribution in [0.5, 0.6) is 5.75 Å². The Morgan fingerprint density at radius 2 is 1.67 bits per heavy atom. The molecule has 15 heavy (non-hydrogen) atoms. The number of rotatable bonds is 3. The number of hydrogen-bond donors (Lipinski definition) is 1. The third-order valence-corrected chi connectivity index (χ3v) is 2.08. The fourth-order valence-corrected chi connectivity index (χ4v) is 1.33. The highest BCUT2D eigenvalue weighted by molar-refractivity contribution is 5.76. The van der Waals surface area contributed by atoms with Crippen molar-refractivity contribution in [2.24, 2.45) is 0 Å². The van der Waals surface area contributed by atoms with E-state index >= 15 is 0 Å². The maximum Gasteiger partial charge on any atom is 0.347 e. The van der Waals surface area contributed by atoms with Gasteiger partial charge in [0.25, 0.3) is 0 Å². The molecular weight excluding hydrogens is 192 g/mol. The van der Waals surface area contributed by atoms with E-state index in [1.54, 1.807) is 0 Å². The molecule has 82 valence electrons. The zero-order chi connectivity index (χ0) is 11.6. The van der Waals surface area contributed by atoms with Crippen molar-refractivity contribution in [3.63, 3.8) is 0 Å². The van der Waals surface area contributed by atoms with Crippen molar-refractivity contribution in [1.29, 1.82) is 0 Å². The minimum Gasteiger partial charge on any atom is -0.478 e. The maximum atomic E-state index is 10.9. The first-order chi connectivity index (χ1) is 6.81. The fraction of sp³-hybridized carbons (Fsp3) is 0.417. The summed E-state index contributed by atoms with van der Waals surface area (Å²) in [6.45, 7) is 6.97. The van der Waals surface area contributed by atoms with Crippen LogP contribution in [0.25, 0.3) is 0 Å². The first-order valence-corrected chi connectivity index (χ1v) is 4.82. The molecule has 0 heterocycles. The lowest BCUT2D eigenvalue weighted by atomic mass is 10.1. The molecule has 0 saturated carbocycles. The van der Waals surface area contributed by atoms with Crippen LogP contribution in [0.2, 0.25) is 0 Å². The molecule has 0 fully saturated rings. The molecule has 1 N–H and O–H groups in total. The lowest BCUT2D eigenvalue weighted by Gasteiger charge is -2.22. The maximum absolute atomic E-state index is 10.9. The van der Waals surface area contributed by atoms with Gasteiger partial charge in [0.2, 0.25) is 0 Å². The molecular formula is C12H16O3. The summed E-state index contributed by atoms with van der Waals surface area (Å²) in [5.74, 6) is -0.374. The average molecular weight is 208 g/mol. The van der Waals surface area contributed by atoms with E-state index in [1.807, 2.05) is 32.0 Å². The van der Waals surface area contributed by atoms with Gasteiger partial charge in [0, 0.05) is 0 Å². The van der Waals surface area contributed by atoms with Crippen LogP contribution in [0.15, 0.2) is 18.2 Å². The predicted molar refractivity (Wildman–Crippen MR) is 58.3 cm³/mol. The summed E-state index contributed by atoms with van der Waals surface area (Å²) >= 11 is 0. The van der Waals surface area contributed by atoms with Crippen molar-refractivity contribution < 1.29 is 14.6 Å². The Labute approximate surface area is 89.7 Å². The normalized spacial score (nSPS) is 11.2. The summed E-state index contributed by atoms with van der Waals surface area (Å²) in [5.41, 5.74) is 0.928. The summed E-state index contributed by atoms with van der Waals surface area (Å²) < 4.78 is 5.43. The van der Waals surface area contributed by atoms with E-state index in [-0.39, 0.29) is 0 Å². The van der Waals surface area contributed by atoms with Crippen molar-refractivity contribution in [1.82, 2.24) is 0 Å². The van der Waals surface area contributed by atoms with Crippen LogP contribution in [0.1, 0.15) is 25.0 Å². The van der Waals surface area contributed by atoms with Crippen LogP contribution >= 0.6 is 0 Å². The zero-order valence-electron chi connectivity index (χ0n) is 9.50. The molecule has 0 unspecified atom stereocenters. The lowest BCUT2D eigenvalue weighted by Crippen LogP contribution is -2.37. The Balaban J connectivity index is 2.94. The number of carboxylic acids is 1. The number of aryl methyl sites for hydroxylation is 2. The number of carboxylic acid groups (broad SMARTS) is 1. The van der Waals surface area contributed by atoms with Gasteiger partial charge in [-0.3, -0.25) is 0 Å². The van der Waals surface area contributed by atoms with E-state index in [9.17, 15) is 4.79 Å². The SMILES string of the molecule is Cc1cc(C)cc(OC(C)(C)C(=O)O)c1. The number of ether oxygens (including phenoxy) is 1.